The summed E-state index contributed by atoms with van der Waals surface area (Å²) in [7, 11) is 0. The third kappa shape index (κ3) is 1.43. The van der Waals surface area contributed by atoms with Crippen LogP contribution in [0.2, 0.25) is 0 Å². The molecular formula is C24H14. The van der Waals surface area contributed by atoms with E-state index in [1.807, 2.05) is 0 Å². The summed E-state index contributed by atoms with van der Waals surface area (Å²) in [6, 6.07) is 26.7. The topological polar surface area (TPSA) is 0 Å². The minimum Gasteiger partial charge on any atom is -0.0616 e. The lowest BCUT2D eigenvalue weighted by Crippen LogP contribution is -1.86. The fraction of sp³-hybridized carbons (Fsp3) is 0. The van der Waals surface area contributed by atoms with E-state index in [1.165, 1.54) is 54.2 Å². The molecule has 0 heteroatoms. The molecule has 5 aromatic carbocycles. The van der Waals surface area contributed by atoms with Gasteiger partial charge in [-0.05, 0) is 66.3 Å². The maximum absolute atomic E-state index is 2.36. The van der Waals surface area contributed by atoms with Crippen molar-refractivity contribution < 1.29 is 0 Å². The first-order valence-electron chi connectivity index (χ1n) is 8.38. The Morgan fingerprint density at radius 3 is 2.00 bits per heavy atom. The van der Waals surface area contributed by atoms with Crippen LogP contribution in [0.1, 0.15) is 11.1 Å². The number of fused-ring (bicyclic) bond motifs is 6. The van der Waals surface area contributed by atoms with E-state index in [4.69, 9.17) is 0 Å². The van der Waals surface area contributed by atoms with Crippen molar-refractivity contribution in [3.8, 4) is 0 Å². The largest absolute Gasteiger partial charge is 0.0616 e. The number of hydrogen-bond donors (Lipinski definition) is 0. The van der Waals surface area contributed by atoms with Gasteiger partial charge in [-0.25, -0.2) is 0 Å². The van der Waals surface area contributed by atoms with Crippen molar-refractivity contribution in [2.75, 3.05) is 0 Å². The highest BCUT2D eigenvalue weighted by atomic mass is 14.2. The van der Waals surface area contributed by atoms with E-state index in [1.54, 1.807) is 0 Å². The third-order valence-electron chi connectivity index (χ3n) is 5.35. The van der Waals surface area contributed by atoms with Gasteiger partial charge < -0.3 is 0 Å². The predicted octanol–water partition coefficient (Wildman–Crippen LogP) is 6.78. The van der Waals surface area contributed by atoms with Crippen LogP contribution in [0.15, 0.2) is 72.8 Å². The van der Waals surface area contributed by atoms with Crippen LogP contribution in [0.5, 0.6) is 0 Å². The second kappa shape index (κ2) is 4.24. The van der Waals surface area contributed by atoms with Crippen molar-refractivity contribution in [2.24, 2.45) is 0 Å². The zero-order valence-corrected chi connectivity index (χ0v) is 13.1. The molecule has 24 heavy (non-hydrogen) atoms. The molecule has 0 amide bonds. The molecule has 1 aliphatic carbocycles. The normalized spacial score (nSPS) is 12.8. The lowest BCUT2D eigenvalue weighted by Gasteiger charge is -2.13. The first kappa shape index (κ1) is 12.3. The van der Waals surface area contributed by atoms with Crippen LogP contribution in [0, 0.1) is 0 Å². The zero-order chi connectivity index (χ0) is 15.7. The average Bonchev–Trinajstić information content (AvgIpc) is 3.04. The van der Waals surface area contributed by atoms with Gasteiger partial charge in [-0.15, -0.1) is 0 Å². The molecule has 0 N–H and O–H groups in total. The van der Waals surface area contributed by atoms with Crippen LogP contribution in [-0.4, -0.2) is 0 Å². The molecule has 0 atom stereocenters. The minimum absolute atomic E-state index is 1.30. The van der Waals surface area contributed by atoms with Crippen LogP contribution in [-0.2, 0) is 0 Å². The minimum atomic E-state index is 1.30. The molecule has 0 saturated carbocycles. The quantitative estimate of drug-likeness (QED) is 0.271. The van der Waals surface area contributed by atoms with Gasteiger partial charge in [-0.3, -0.25) is 0 Å². The van der Waals surface area contributed by atoms with E-state index in [-0.39, 0.29) is 0 Å². The zero-order valence-electron chi connectivity index (χ0n) is 13.1. The predicted molar refractivity (Wildman–Crippen MR) is 105 cm³/mol. The molecule has 1 aliphatic rings. The smallest absolute Gasteiger partial charge is 0.00145 e. The van der Waals surface area contributed by atoms with Crippen molar-refractivity contribution in [3.05, 3.63) is 83.9 Å². The number of rotatable bonds is 0. The summed E-state index contributed by atoms with van der Waals surface area (Å²) in [4.78, 5) is 0. The summed E-state index contributed by atoms with van der Waals surface area (Å²) in [5, 5.41) is 10.8. The van der Waals surface area contributed by atoms with Crippen molar-refractivity contribution in [1.82, 2.24) is 0 Å². The lowest BCUT2D eigenvalue weighted by atomic mass is 9.90. The van der Waals surface area contributed by atoms with Crippen LogP contribution in [0.4, 0.5) is 0 Å². The van der Waals surface area contributed by atoms with Crippen molar-refractivity contribution in [1.29, 1.82) is 0 Å². The maximum atomic E-state index is 2.36. The van der Waals surface area contributed by atoms with Gasteiger partial charge in [0.25, 0.3) is 0 Å². The molecule has 0 heterocycles. The summed E-state index contributed by atoms with van der Waals surface area (Å²) in [6.45, 7) is 0. The molecule has 0 aromatic heterocycles. The Hall–Kier alpha value is -3.12. The van der Waals surface area contributed by atoms with Crippen LogP contribution in [0.3, 0.4) is 0 Å². The SMILES string of the molecule is C1=Cc2cc3c4ccccc4ccc3c3c2c1cc1ccccc13. The highest BCUT2D eigenvalue weighted by Crippen LogP contribution is 2.42. The molecular weight excluding hydrogens is 288 g/mol. The molecule has 0 bridgehead atoms. The van der Waals surface area contributed by atoms with E-state index in [0.717, 1.165) is 0 Å². The third-order valence-corrected chi connectivity index (χ3v) is 5.35. The first-order chi connectivity index (χ1) is 11.9. The van der Waals surface area contributed by atoms with Crippen LogP contribution < -0.4 is 0 Å². The number of benzene rings is 5. The highest BCUT2D eigenvalue weighted by molar-refractivity contribution is 6.29. The summed E-state index contributed by atoms with van der Waals surface area (Å²) in [5.74, 6) is 0. The van der Waals surface area contributed by atoms with Crippen LogP contribution >= 0.6 is 0 Å². The second-order valence-corrected chi connectivity index (χ2v) is 6.62. The Morgan fingerprint density at radius 2 is 1.12 bits per heavy atom. The fourth-order valence-electron chi connectivity index (χ4n) is 4.30. The van der Waals surface area contributed by atoms with Gasteiger partial charge in [-0.1, -0.05) is 72.8 Å². The van der Waals surface area contributed by atoms with E-state index in [2.05, 4.69) is 84.9 Å². The van der Waals surface area contributed by atoms with Gasteiger partial charge in [0, 0.05) is 0 Å². The standard InChI is InChI=1S/C24H14/c1-3-7-19-15(5-1)11-12-21-22(19)14-18-10-9-17-13-16-6-2-4-8-20(16)24(21)23(17)18/h1-14H. The molecule has 0 nitrogen and oxygen atoms in total. The summed E-state index contributed by atoms with van der Waals surface area (Å²) < 4.78 is 0. The van der Waals surface area contributed by atoms with Crippen molar-refractivity contribution in [2.45, 2.75) is 0 Å². The Balaban J connectivity index is 2.00. The van der Waals surface area contributed by atoms with E-state index in [0.29, 0.717) is 0 Å². The first-order valence-corrected chi connectivity index (χ1v) is 8.38. The molecule has 0 saturated heterocycles. The van der Waals surface area contributed by atoms with E-state index in [9.17, 15) is 0 Å². The summed E-state index contributed by atoms with van der Waals surface area (Å²) in [5.41, 5.74) is 2.68. The lowest BCUT2D eigenvalue weighted by molar-refractivity contribution is 1.76. The van der Waals surface area contributed by atoms with Gasteiger partial charge in [0.05, 0.1) is 0 Å². The molecule has 0 unspecified atom stereocenters. The molecule has 0 spiro atoms. The van der Waals surface area contributed by atoms with Crippen molar-refractivity contribution in [3.63, 3.8) is 0 Å². The van der Waals surface area contributed by atoms with E-state index >= 15 is 0 Å². The molecule has 5 aromatic rings. The molecule has 0 radical (unpaired) electrons. The summed E-state index contributed by atoms with van der Waals surface area (Å²) in [6.07, 6.45) is 4.52. The summed E-state index contributed by atoms with van der Waals surface area (Å²) >= 11 is 0. The Morgan fingerprint density at radius 1 is 0.417 bits per heavy atom. The Kier molecular flexibility index (Phi) is 2.18. The molecule has 110 valence electrons. The number of hydrogen-bond acceptors (Lipinski definition) is 0. The fourth-order valence-corrected chi connectivity index (χ4v) is 4.30. The second-order valence-electron chi connectivity index (χ2n) is 6.62. The van der Waals surface area contributed by atoms with Crippen LogP contribution in [0.25, 0.3) is 55.2 Å². The van der Waals surface area contributed by atoms with Gasteiger partial charge in [0.15, 0.2) is 0 Å². The van der Waals surface area contributed by atoms with Gasteiger partial charge >= 0.3 is 0 Å². The van der Waals surface area contributed by atoms with E-state index < -0.39 is 0 Å². The van der Waals surface area contributed by atoms with Gasteiger partial charge in [0.2, 0.25) is 0 Å². The molecule has 0 fully saturated rings. The monoisotopic (exact) mass is 302 g/mol. The van der Waals surface area contributed by atoms with Crippen molar-refractivity contribution >= 4 is 55.2 Å². The highest BCUT2D eigenvalue weighted by Gasteiger charge is 2.16. The molecule has 6 rings (SSSR count). The van der Waals surface area contributed by atoms with Gasteiger partial charge in [0.1, 0.15) is 0 Å². The van der Waals surface area contributed by atoms with Gasteiger partial charge in [-0.2, -0.15) is 0 Å². The molecule has 0 aliphatic heterocycles. The Bertz CT molecular complexity index is 1340. The maximum Gasteiger partial charge on any atom is -0.00145 e. The Labute approximate surface area is 139 Å². The average molecular weight is 302 g/mol.